The van der Waals surface area contributed by atoms with Crippen LogP contribution in [0.5, 0.6) is 0 Å². The first-order chi connectivity index (χ1) is 27.2. The summed E-state index contributed by atoms with van der Waals surface area (Å²) in [5, 5.41) is 2.58. The summed E-state index contributed by atoms with van der Waals surface area (Å²) in [6.07, 6.45) is 8.01. The molecule has 0 aromatic heterocycles. The number of rotatable bonds is 4. The van der Waals surface area contributed by atoms with Gasteiger partial charge in [0.15, 0.2) is 5.84 Å². The first-order valence-electron chi connectivity index (χ1n) is 19.9. The van der Waals surface area contributed by atoms with Gasteiger partial charge in [0.1, 0.15) is 5.69 Å². The molecule has 0 amide bonds. The van der Waals surface area contributed by atoms with Crippen molar-refractivity contribution in [2.45, 2.75) is 73.3 Å². The van der Waals surface area contributed by atoms with Crippen molar-refractivity contribution in [3.63, 3.8) is 0 Å². The van der Waals surface area contributed by atoms with Crippen molar-refractivity contribution in [1.29, 1.82) is 0 Å². The molecule has 4 heteroatoms. The molecule has 6 aromatic rings. The zero-order valence-corrected chi connectivity index (χ0v) is 33.8. The molecule has 1 aliphatic heterocycles. The van der Waals surface area contributed by atoms with E-state index in [0.717, 1.165) is 73.8 Å². The van der Waals surface area contributed by atoms with Crippen LogP contribution in [-0.4, -0.2) is 5.84 Å². The minimum absolute atomic E-state index is 0.185. The summed E-state index contributed by atoms with van der Waals surface area (Å²) in [4.78, 5) is 5.20. The quantitative estimate of drug-likeness (QED) is 0.102. The maximum atomic E-state index is 17.6. The van der Waals surface area contributed by atoms with Gasteiger partial charge >= 0.3 is 0 Å². The highest BCUT2D eigenvalue weighted by molar-refractivity contribution is 6.16. The third-order valence-corrected chi connectivity index (χ3v) is 11.1. The number of benzene rings is 6. The maximum Gasteiger partial charge on any atom is 0.153 e. The van der Waals surface area contributed by atoms with Crippen LogP contribution >= 0.6 is 0 Å². The fourth-order valence-electron chi connectivity index (χ4n) is 8.13. The lowest BCUT2D eigenvalue weighted by molar-refractivity contribution is 0.440. The van der Waals surface area contributed by atoms with Gasteiger partial charge < -0.3 is 0 Å². The molecule has 0 bridgehead atoms. The number of aryl methyl sites for hydroxylation is 3. The molecule has 1 heterocycles. The van der Waals surface area contributed by atoms with Gasteiger partial charge in [-0.15, -0.1) is 5.23 Å². The second-order valence-corrected chi connectivity index (χ2v) is 15.1. The highest BCUT2D eigenvalue weighted by Crippen LogP contribution is 2.55. The Labute approximate surface area is 333 Å². The minimum atomic E-state index is -0.185. The Balaban J connectivity index is 0.000000478. The minimum Gasteiger partial charge on any atom is -0.262 e. The van der Waals surface area contributed by atoms with Crippen LogP contribution in [0.2, 0.25) is 0 Å². The van der Waals surface area contributed by atoms with E-state index in [1.807, 2.05) is 62.4 Å². The molecule has 0 saturated carbocycles. The highest BCUT2D eigenvalue weighted by atomic mass is 19.2. The zero-order valence-electron chi connectivity index (χ0n) is 33.8. The van der Waals surface area contributed by atoms with Crippen molar-refractivity contribution in [3.05, 3.63) is 191 Å². The Kier molecular flexibility index (Phi) is 11.2. The van der Waals surface area contributed by atoms with Gasteiger partial charge in [0, 0.05) is 16.5 Å². The number of hydrogen-bond donors (Lipinski definition) is 0. The van der Waals surface area contributed by atoms with E-state index in [-0.39, 0.29) is 5.41 Å². The van der Waals surface area contributed by atoms with E-state index in [9.17, 15) is 0 Å². The summed E-state index contributed by atoms with van der Waals surface area (Å²) >= 11 is 0. The van der Waals surface area contributed by atoms with Crippen molar-refractivity contribution >= 4 is 17.2 Å². The number of hydrogen-bond acceptors (Lipinski definition) is 2. The molecule has 56 heavy (non-hydrogen) atoms. The standard InChI is InChI=1S/C43H38FN3.C7H8.C2H6/c1-28-15-11-12-20-32(28)34-25-41-36(23-29(34)2)37-24-39-35(33-21-13-14-22-38(33)43(39,3)4)26-40(37)46(47(41)44)42(31-18-9-6-10-19-31)45-27-30-16-7-5-8-17-30;1-7-5-3-2-4-6-7;1-2/h5-9,11-18,20-26H,10,19,27H2,1-4H3;2-6H,1H3;1-2H3. The summed E-state index contributed by atoms with van der Waals surface area (Å²) in [5.74, 6) is 0.635. The number of amidine groups is 1. The van der Waals surface area contributed by atoms with E-state index in [4.69, 9.17) is 4.99 Å². The van der Waals surface area contributed by atoms with Crippen molar-refractivity contribution in [2.24, 2.45) is 4.99 Å². The van der Waals surface area contributed by atoms with Crippen LogP contribution in [-0.2, 0) is 12.0 Å². The number of halogens is 1. The number of nitrogens with zero attached hydrogens (tertiary/aromatic N) is 3. The number of fused-ring (bicyclic) bond motifs is 6. The van der Waals surface area contributed by atoms with E-state index in [0.29, 0.717) is 18.1 Å². The first-order valence-corrected chi connectivity index (χ1v) is 19.9. The van der Waals surface area contributed by atoms with Crippen molar-refractivity contribution in [1.82, 2.24) is 0 Å². The summed E-state index contributed by atoms with van der Waals surface area (Å²) in [7, 11) is 0. The fraction of sp³-hybridized carbons (Fsp3) is 0.212. The Morgan fingerprint density at radius 2 is 1.25 bits per heavy atom. The normalized spacial score (nSPS) is 14.6. The van der Waals surface area contributed by atoms with Gasteiger partial charge in [-0.1, -0.05) is 165 Å². The van der Waals surface area contributed by atoms with Gasteiger partial charge in [0.2, 0.25) is 0 Å². The van der Waals surface area contributed by atoms with Crippen LogP contribution in [0, 0.1) is 20.8 Å². The smallest absolute Gasteiger partial charge is 0.153 e. The number of aliphatic imine (C=N–C) groups is 1. The molecule has 0 N–H and O–H groups in total. The summed E-state index contributed by atoms with van der Waals surface area (Å²) in [6, 6.07) is 46.2. The maximum absolute atomic E-state index is 17.6. The van der Waals surface area contributed by atoms with Gasteiger partial charge in [0.05, 0.1) is 12.2 Å². The molecule has 9 rings (SSSR count). The summed E-state index contributed by atoms with van der Waals surface area (Å²) in [5.41, 5.74) is 15.8. The number of allylic oxidation sites excluding steroid dienone is 3. The van der Waals surface area contributed by atoms with Crippen molar-refractivity contribution < 1.29 is 4.48 Å². The molecule has 0 saturated heterocycles. The summed E-state index contributed by atoms with van der Waals surface area (Å²) < 4.78 is 17.6. The molecule has 0 spiro atoms. The van der Waals surface area contributed by atoms with Crippen LogP contribution < -0.4 is 10.2 Å². The van der Waals surface area contributed by atoms with E-state index >= 15 is 4.48 Å². The van der Waals surface area contributed by atoms with Crippen LogP contribution in [0.15, 0.2) is 162 Å². The van der Waals surface area contributed by atoms with Crippen LogP contribution in [0.1, 0.15) is 73.9 Å². The monoisotopic (exact) mass is 737 g/mol. The Bertz CT molecular complexity index is 2440. The number of hydrazine groups is 1. The lowest BCUT2D eigenvalue weighted by Gasteiger charge is -2.39. The average molecular weight is 738 g/mol. The third-order valence-electron chi connectivity index (χ3n) is 11.1. The SMILES string of the molecule is CC.Cc1ccccc1.Cc1ccccc1-c1cc2c(cc1C)-c1cc3c(cc1N(C(=NCc1ccccc1)C1=CC=CCC1)N2F)-c1ccccc1C3(C)C. The fourth-order valence-corrected chi connectivity index (χ4v) is 8.13. The number of anilines is 2. The molecule has 6 aromatic carbocycles. The molecule has 2 aliphatic carbocycles. The largest absolute Gasteiger partial charge is 0.262 e. The van der Waals surface area contributed by atoms with Gasteiger partial charge in [-0.05, 0) is 114 Å². The Hall–Kier alpha value is -6.00. The summed E-state index contributed by atoms with van der Waals surface area (Å²) in [6.45, 7) is 15.4. The van der Waals surface area contributed by atoms with E-state index in [1.165, 1.54) is 22.3 Å². The first kappa shape index (κ1) is 38.3. The van der Waals surface area contributed by atoms with Crippen LogP contribution in [0.4, 0.5) is 15.9 Å². The van der Waals surface area contributed by atoms with Crippen molar-refractivity contribution in [2.75, 3.05) is 10.2 Å². The molecule has 0 atom stereocenters. The van der Waals surface area contributed by atoms with Crippen LogP contribution in [0.3, 0.4) is 0 Å². The zero-order chi connectivity index (χ0) is 39.4. The van der Waals surface area contributed by atoms with Gasteiger partial charge in [-0.2, -0.15) is 0 Å². The lowest BCUT2D eigenvalue weighted by atomic mass is 9.80. The molecule has 3 nitrogen and oxygen atoms in total. The highest BCUT2D eigenvalue weighted by Gasteiger charge is 2.40. The average Bonchev–Trinajstić information content (AvgIpc) is 3.45. The molecular formula is C52H52FN3. The third kappa shape index (κ3) is 7.24. The second kappa shape index (κ2) is 16.4. The molecule has 3 aliphatic rings. The van der Waals surface area contributed by atoms with Gasteiger partial charge in [-0.3, -0.25) is 4.99 Å². The topological polar surface area (TPSA) is 18.8 Å². The van der Waals surface area contributed by atoms with Gasteiger partial charge in [-0.25, -0.2) is 5.01 Å². The molecule has 282 valence electrons. The molecule has 0 radical (unpaired) electrons. The van der Waals surface area contributed by atoms with Crippen molar-refractivity contribution in [3.8, 4) is 33.4 Å². The second-order valence-electron chi connectivity index (χ2n) is 15.1. The molecule has 0 unspecified atom stereocenters. The predicted molar refractivity (Wildman–Crippen MR) is 237 cm³/mol. The molecular weight excluding hydrogens is 686 g/mol. The van der Waals surface area contributed by atoms with Crippen LogP contribution in [0.25, 0.3) is 33.4 Å². The predicted octanol–water partition coefficient (Wildman–Crippen LogP) is 14.3. The van der Waals surface area contributed by atoms with E-state index in [2.05, 4.69) is 138 Å². The Morgan fingerprint density at radius 1 is 0.625 bits per heavy atom. The lowest BCUT2D eigenvalue weighted by Crippen LogP contribution is -2.46. The molecule has 0 fully saturated rings. The van der Waals surface area contributed by atoms with E-state index in [1.54, 1.807) is 5.01 Å². The van der Waals surface area contributed by atoms with E-state index < -0.39 is 0 Å². The van der Waals surface area contributed by atoms with Gasteiger partial charge in [0.25, 0.3) is 0 Å². The Morgan fingerprint density at radius 3 is 1.91 bits per heavy atom.